The molecule has 6 nitrogen and oxygen atoms in total. The van der Waals surface area contributed by atoms with E-state index in [-0.39, 0.29) is 17.2 Å². The number of likely N-dealkylation sites (tertiary alicyclic amines) is 1. The molecule has 0 unspecified atom stereocenters. The van der Waals surface area contributed by atoms with E-state index < -0.39 is 8.32 Å². The Morgan fingerprint density at radius 1 is 0.927 bits per heavy atom. The molecule has 41 heavy (non-hydrogen) atoms. The molecule has 0 spiro atoms. The number of nitrogen functional groups attached to an aromatic ring is 1. The van der Waals surface area contributed by atoms with E-state index in [1.165, 1.54) is 21.5 Å². The highest BCUT2D eigenvalue weighted by Crippen LogP contribution is 2.40. The van der Waals surface area contributed by atoms with Crippen LogP contribution in [0.1, 0.15) is 50.7 Å². The number of benzene rings is 3. The molecule has 0 saturated carbocycles. The topological polar surface area (TPSA) is 73.5 Å². The van der Waals surface area contributed by atoms with Crippen LogP contribution < -0.4 is 16.1 Å². The summed E-state index contributed by atoms with van der Waals surface area (Å²) in [5.74, 6) is 0.834. The Balaban J connectivity index is 1.25. The molecule has 2 saturated heterocycles. The molecule has 4 aromatic rings. The minimum absolute atomic E-state index is 0.0277. The fraction of sp³-hybridized carbons (Fsp3) is 0.412. The first-order valence-electron chi connectivity index (χ1n) is 14.9. The Bertz CT molecular complexity index is 1440. The number of aryl methyl sites for hydroxylation is 1. The molecule has 2 fully saturated rings. The van der Waals surface area contributed by atoms with Crippen LogP contribution in [-0.4, -0.2) is 61.6 Å². The van der Waals surface area contributed by atoms with Crippen LogP contribution in [-0.2, 0) is 9.16 Å². The zero-order valence-corrected chi connectivity index (χ0v) is 25.7. The van der Waals surface area contributed by atoms with Gasteiger partial charge in [0.1, 0.15) is 0 Å². The van der Waals surface area contributed by atoms with E-state index >= 15 is 0 Å². The summed E-state index contributed by atoms with van der Waals surface area (Å²) in [4.78, 5) is 11.3. The highest BCUT2D eigenvalue weighted by Gasteiger charge is 2.53. The first-order valence-corrected chi connectivity index (χ1v) is 16.8. The van der Waals surface area contributed by atoms with Crippen molar-refractivity contribution in [1.29, 1.82) is 0 Å². The Kier molecular flexibility index (Phi) is 7.72. The number of ether oxygens (including phenoxy) is 1. The lowest BCUT2D eigenvalue weighted by Gasteiger charge is -2.46. The fourth-order valence-electron chi connectivity index (χ4n) is 7.10. The van der Waals surface area contributed by atoms with Crippen molar-refractivity contribution in [2.75, 3.05) is 32.0 Å². The Morgan fingerprint density at radius 2 is 1.56 bits per heavy atom. The van der Waals surface area contributed by atoms with Crippen LogP contribution in [0.15, 0.2) is 79.0 Å². The lowest BCUT2D eigenvalue weighted by atomic mass is 9.85. The van der Waals surface area contributed by atoms with Gasteiger partial charge in [0.05, 0.1) is 30.9 Å². The van der Waals surface area contributed by atoms with Gasteiger partial charge in [0, 0.05) is 11.6 Å². The van der Waals surface area contributed by atoms with Crippen molar-refractivity contribution in [2.24, 2.45) is 0 Å². The number of anilines is 1. The van der Waals surface area contributed by atoms with E-state index in [2.05, 4.69) is 115 Å². The normalized spacial score (nSPS) is 21.0. The van der Waals surface area contributed by atoms with Gasteiger partial charge in [-0.3, -0.25) is 4.90 Å². The second-order valence-corrected chi connectivity index (χ2v) is 17.0. The lowest BCUT2D eigenvalue weighted by molar-refractivity contribution is 0.0747. The van der Waals surface area contributed by atoms with Crippen LogP contribution in [0.5, 0.6) is 0 Å². The second-order valence-electron chi connectivity index (χ2n) is 12.7. The van der Waals surface area contributed by atoms with Gasteiger partial charge in [-0.1, -0.05) is 81.4 Å². The Hall–Kier alpha value is -3.10. The lowest BCUT2D eigenvalue weighted by Crippen LogP contribution is -2.69. The number of nitrogens with zero attached hydrogens (tertiary/aromatic N) is 3. The number of piperidine rings is 1. The summed E-state index contributed by atoms with van der Waals surface area (Å²) in [5, 5.41) is 3.62. The average molecular weight is 567 g/mol. The molecule has 2 aliphatic rings. The van der Waals surface area contributed by atoms with Crippen molar-refractivity contribution >= 4 is 35.5 Å². The summed E-state index contributed by atoms with van der Waals surface area (Å²) in [6, 6.07) is 26.6. The molecule has 214 valence electrons. The summed E-state index contributed by atoms with van der Waals surface area (Å²) in [6.07, 6.45) is 4.06. The Labute approximate surface area is 245 Å². The number of aromatic nitrogens is 2. The van der Waals surface area contributed by atoms with E-state index in [4.69, 9.17) is 14.9 Å². The van der Waals surface area contributed by atoms with Crippen LogP contribution in [0.3, 0.4) is 0 Å². The van der Waals surface area contributed by atoms with Gasteiger partial charge in [-0.05, 0) is 77.4 Å². The van der Waals surface area contributed by atoms with Gasteiger partial charge < -0.3 is 14.9 Å². The summed E-state index contributed by atoms with van der Waals surface area (Å²) < 4.78 is 13.7. The fourth-order valence-corrected chi connectivity index (χ4v) is 11.8. The van der Waals surface area contributed by atoms with E-state index in [0.29, 0.717) is 18.5 Å². The van der Waals surface area contributed by atoms with Gasteiger partial charge >= 0.3 is 0 Å². The van der Waals surface area contributed by atoms with Crippen LogP contribution >= 0.6 is 0 Å². The van der Waals surface area contributed by atoms with Crippen molar-refractivity contribution in [3.63, 3.8) is 0 Å². The van der Waals surface area contributed by atoms with Crippen LogP contribution in [0, 0.1) is 6.92 Å². The predicted molar refractivity (Wildman–Crippen MR) is 169 cm³/mol. The third-order valence-electron chi connectivity index (χ3n) is 9.17. The van der Waals surface area contributed by atoms with Crippen molar-refractivity contribution in [1.82, 2.24) is 14.9 Å². The first kappa shape index (κ1) is 28.0. The van der Waals surface area contributed by atoms with Crippen molar-refractivity contribution in [3.05, 3.63) is 90.1 Å². The van der Waals surface area contributed by atoms with Gasteiger partial charge in [-0.15, -0.1) is 0 Å². The molecule has 3 heterocycles. The molecular weight excluding hydrogens is 524 g/mol. The maximum Gasteiger partial charge on any atom is 0.261 e. The number of hydrogen-bond acceptors (Lipinski definition) is 6. The zero-order valence-electron chi connectivity index (χ0n) is 24.7. The molecule has 2 N–H and O–H groups in total. The Morgan fingerprint density at radius 3 is 2.17 bits per heavy atom. The van der Waals surface area contributed by atoms with Crippen LogP contribution in [0.4, 0.5) is 5.95 Å². The van der Waals surface area contributed by atoms with Gasteiger partial charge in [-0.2, -0.15) is 0 Å². The minimum atomic E-state index is -2.65. The summed E-state index contributed by atoms with van der Waals surface area (Å²) >= 11 is 0. The van der Waals surface area contributed by atoms with Gasteiger partial charge in [-0.25, -0.2) is 9.97 Å². The molecule has 2 atom stereocenters. The van der Waals surface area contributed by atoms with Crippen molar-refractivity contribution < 1.29 is 9.16 Å². The smallest absolute Gasteiger partial charge is 0.261 e. The van der Waals surface area contributed by atoms with E-state index in [9.17, 15) is 0 Å². The van der Waals surface area contributed by atoms with Crippen molar-refractivity contribution in [3.8, 4) is 0 Å². The molecule has 1 aromatic heterocycles. The summed E-state index contributed by atoms with van der Waals surface area (Å²) in [5.41, 5.74) is 9.51. The quantitative estimate of drug-likeness (QED) is 0.330. The molecule has 0 amide bonds. The van der Waals surface area contributed by atoms with Crippen LogP contribution in [0.25, 0.3) is 10.9 Å². The molecule has 0 aliphatic carbocycles. The number of fused-ring (bicyclic) bond motifs is 1. The molecule has 0 radical (unpaired) electrons. The minimum Gasteiger partial charge on any atom is -0.400 e. The maximum atomic E-state index is 7.54. The van der Waals surface area contributed by atoms with Gasteiger partial charge in [0.25, 0.3) is 8.32 Å². The van der Waals surface area contributed by atoms with Gasteiger partial charge in [0.2, 0.25) is 5.95 Å². The zero-order chi connectivity index (χ0) is 28.6. The van der Waals surface area contributed by atoms with Crippen molar-refractivity contribution in [2.45, 2.75) is 63.6 Å². The SMILES string of the molecule is Cc1cc2cnc(N)nc2cc1C1CCN([C@@H]2COC[C@@H]2O[Si](c2ccccc2)(c2ccccc2)C(C)(C)C)CC1. The van der Waals surface area contributed by atoms with Gasteiger partial charge in [0.15, 0.2) is 0 Å². The summed E-state index contributed by atoms with van der Waals surface area (Å²) in [7, 11) is -2.65. The number of hydrogen-bond donors (Lipinski definition) is 1. The second kappa shape index (κ2) is 11.3. The number of nitrogens with two attached hydrogens (primary N) is 1. The van der Waals surface area contributed by atoms with E-state index in [0.717, 1.165) is 43.4 Å². The largest absolute Gasteiger partial charge is 0.400 e. The molecule has 0 bridgehead atoms. The monoisotopic (exact) mass is 566 g/mol. The maximum absolute atomic E-state index is 7.54. The number of rotatable bonds is 6. The molecule has 3 aromatic carbocycles. The average Bonchev–Trinajstić information content (AvgIpc) is 3.44. The molecule has 6 rings (SSSR count). The van der Waals surface area contributed by atoms with E-state index in [1.54, 1.807) is 0 Å². The van der Waals surface area contributed by atoms with Crippen LogP contribution in [0.2, 0.25) is 5.04 Å². The molecular formula is C34H42N4O2Si. The molecule has 7 heteroatoms. The highest BCUT2D eigenvalue weighted by molar-refractivity contribution is 6.99. The third-order valence-corrected chi connectivity index (χ3v) is 14.2. The first-order chi connectivity index (χ1) is 19.8. The summed E-state index contributed by atoms with van der Waals surface area (Å²) in [6.45, 7) is 12.7. The molecule has 2 aliphatic heterocycles. The third kappa shape index (κ3) is 5.32. The van der Waals surface area contributed by atoms with E-state index in [1.807, 2.05) is 6.20 Å². The standard InChI is InChI=1S/C34H42N4O2Si/c1-24-19-26-21-36-33(35)37-30(26)20-29(24)25-15-17-38(18-16-25)31-22-39-23-32(31)40-41(34(2,3)4,27-11-7-5-8-12-27)28-13-9-6-10-14-28/h5-14,19-21,25,31-32H,15-18,22-23H2,1-4H3,(H2,35,36,37)/t31-,32+/m1/s1. The highest BCUT2D eigenvalue weighted by atomic mass is 28.4. The predicted octanol–water partition coefficient (Wildman–Crippen LogP) is 5.04.